The van der Waals surface area contributed by atoms with Crippen molar-refractivity contribution in [3.05, 3.63) is 23.8 Å². The van der Waals surface area contributed by atoms with Gasteiger partial charge >= 0.3 is 5.97 Å². The van der Waals surface area contributed by atoms with Gasteiger partial charge in [-0.15, -0.1) is 0 Å². The molecule has 0 aromatic rings. The number of carbonyl (C=O) groups is 1. The summed E-state index contributed by atoms with van der Waals surface area (Å²) in [6, 6.07) is 0. The van der Waals surface area contributed by atoms with Crippen molar-refractivity contribution in [3.8, 4) is 0 Å². The van der Waals surface area contributed by atoms with E-state index in [4.69, 9.17) is 4.74 Å². The molecule has 0 heterocycles. The molecule has 0 saturated carbocycles. The number of allylic oxidation sites excluding steroid dienone is 3. The molecule has 0 aliphatic heterocycles. The third kappa shape index (κ3) is 6.46. The summed E-state index contributed by atoms with van der Waals surface area (Å²) >= 11 is 0. The lowest BCUT2D eigenvalue weighted by atomic mass is 10.1. The van der Waals surface area contributed by atoms with E-state index < -0.39 is 0 Å². The minimum absolute atomic E-state index is 0.235. The fraction of sp³-hybridized carbons (Fsp3) is 0.583. The molecule has 0 aromatic heterocycles. The van der Waals surface area contributed by atoms with Crippen LogP contribution in [0.3, 0.4) is 0 Å². The van der Waals surface area contributed by atoms with Gasteiger partial charge in [0.25, 0.3) is 0 Å². The maximum atomic E-state index is 11.1. The summed E-state index contributed by atoms with van der Waals surface area (Å²) in [6.45, 7) is 8.32. The topological polar surface area (TPSA) is 26.3 Å². The van der Waals surface area contributed by atoms with Crippen molar-refractivity contribution in [3.63, 3.8) is 0 Å². The molecule has 14 heavy (non-hydrogen) atoms. The van der Waals surface area contributed by atoms with Gasteiger partial charge in [-0.1, -0.05) is 32.1 Å². The van der Waals surface area contributed by atoms with Gasteiger partial charge < -0.3 is 4.74 Å². The van der Waals surface area contributed by atoms with E-state index in [-0.39, 0.29) is 5.97 Å². The summed E-state index contributed by atoms with van der Waals surface area (Å²) in [6.07, 6.45) is 6.80. The lowest BCUT2D eigenvalue weighted by Gasteiger charge is -1.99. The molecule has 0 saturated heterocycles. The Morgan fingerprint density at radius 2 is 2.07 bits per heavy atom. The van der Waals surface area contributed by atoms with Crippen molar-refractivity contribution < 1.29 is 9.53 Å². The maximum absolute atomic E-state index is 11.1. The Kier molecular flexibility index (Phi) is 6.81. The number of carbonyl (C=O) groups excluding carboxylic acids is 1. The van der Waals surface area contributed by atoms with E-state index in [1.807, 2.05) is 6.08 Å². The van der Waals surface area contributed by atoms with E-state index >= 15 is 0 Å². The Hall–Kier alpha value is -1.05. The predicted octanol–water partition coefficient (Wildman–Crippen LogP) is 3.10. The van der Waals surface area contributed by atoms with E-state index in [0.29, 0.717) is 18.1 Å². The highest BCUT2D eigenvalue weighted by Gasteiger charge is 2.01. The van der Waals surface area contributed by atoms with Gasteiger partial charge in [-0.25, -0.2) is 4.79 Å². The molecule has 0 aliphatic carbocycles. The van der Waals surface area contributed by atoms with Crippen molar-refractivity contribution in [2.24, 2.45) is 5.92 Å². The molecular weight excluding hydrogens is 176 g/mol. The van der Waals surface area contributed by atoms with Crippen molar-refractivity contribution in [1.29, 1.82) is 0 Å². The second-order valence-electron chi connectivity index (χ2n) is 3.63. The predicted molar refractivity (Wildman–Crippen MR) is 59.0 cm³/mol. The highest BCUT2D eigenvalue weighted by atomic mass is 16.5. The smallest absolute Gasteiger partial charge is 0.333 e. The van der Waals surface area contributed by atoms with Crippen molar-refractivity contribution >= 4 is 5.97 Å². The van der Waals surface area contributed by atoms with Gasteiger partial charge in [-0.3, -0.25) is 0 Å². The third-order valence-corrected chi connectivity index (χ3v) is 1.69. The molecule has 0 fully saturated rings. The Labute approximate surface area is 86.6 Å². The summed E-state index contributed by atoms with van der Waals surface area (Å²) in [7, 11) is 0. The zero-order valence-corrected chi connectivity index (χ0v) is 9.54. The Bertz CT molecular complexity index is 224. The fourth-order valence-corrected chi connectivity index (χ4v) is 0.876. The van der Waals surface area contributed by atoms with Gasteiger partial charge in [0.05, 0.1) is 6.61 Å². The number of rotatable bonds is 5. The second kappa shape index (κ2) is 7.36. The summed E-state index contributed by atoms with van der Waals surface area (Å²) < 4.78 is 4.84. The molecule has 0 atom stereocenters. The first-order valence-corrected chi connectivity index (χ1v) is 5.08. The van der Waals surface area contributed by atoms with Gasteiger partial charge in [0.15, 0.2) is 0 Å². The van der Waals surface area contributed by atoms with Gasteiger partial charge in [-0.2, -0.15) is 0 Å². The number of esters is 1. The summed E-state index contributed by atoms with van der Waals surface area (Å²) in [5, 5.41) is 0. The van der Waals surface area contributed by atoms with E-state index in [1.165, 1.54) is 0 Å². The Morgan fingerprint density at radius 3 is 2.57 bits per heavy atom. The number of ether oxygens (including phenoxy) is 1. The molecule has 2 nitrogen and oxygen atoms in total. The van der Waals surface area contributed by atoms with Crippen LogP contribution in [0.2, 0.25) is 0 Å². The van der Waals surface area contributed by atoms with Crippen LogP contribution < -0.4 is 0 Å². The van der Waals surface area contributed by atoms with E-state index in [2.05, 4.69) is 19.9 Å². The molecule has 0 unspecified atom stereocenters. The van der Waals surface area contributed by atoms with Crippen LogP contribution in [0.5, 0.6) is 0 Å². The van der Waals surface area contributed by atoms with Crippen LogP contribution in [0.4, 0.5) is 0 Å². The first-order valence-electron chi connectivity index (χ1n) is 5.08. The van der Waals surface area contributed by atoms with Crippen LogP contribution in [0.15, 0.2) is 23.8 Å². The molecule has 0 bridgehead atoms. The van der Waals surface area contributed by atoms with Gasteiger partial charge in [-0.05, 0) is 26.2 Å². The van der Waals surface area contributed by atoms with Crippen LogP contribution in [0, 0.1) is 5.92 Å². The normalized spacial score (nSPS) is 12.5. The molecular formula is C12H20O2. The van der Waals surface area contributed by atoms with Crippen LogP contribution in [0.25, 0.3) is 0 Å². The van der Waals surface area contributed by atoms with Gasteiger partial charge in [0.1, 0.15) is 0 Å². The molecule has 0 rings (SSSR count). The lowest BCUT2D eigenvalue weighted by Crippen LogP contribution is -2.04. The zero-order chi connectivity index (χ0) is 11.0. The zero-order valence-electron chi connectivity index (χ0n) is 9.54. The van der Waals surface area contributed by atoms with Crippen molar-refractivity contribution in [2.75, 3.05) is 6.61 Å². The highest BCUT2D eigenvalue weighted by Crippen LogP contribution is 2.02. The van der Waals surface area contributed by atoms with Crippen LogP contribution in [0.1, 0.15) is 34.1 Å². The van der Waals surface area contributed by atoms with Crippen LogP contribution >= 0.6 is 0 Å². The standard InChI is InChI=1S/C12H20O2/c1-5-14-12(13)11(4)9-7-6-8-10(2)3/h6-7,9-10H,5,8H2,1-4H3. The highest BCUT2D eigenvalue weighted by molar-refractivity contribution is 5.88. The molecule has 0 N–H and O–H groups in total. The largest absolute Gasteiger partial charge is 0.463 e. The average Bonchev–Trinajstić information content (AvgIpc) is 2.12. The SMILES string of the molecule is CCOC(=O)C(C)=CC=CCC(C)C. The summed E-state index contributed by atoms with van der Waals surface area (Å²) in [5.74, 6) is 0.421. The first-order chi connectivity index (χ1) is 6.57. The molecule has 0 spiro atoms. The fourth-order valence-electron chi connectivity index (χ4n) is 0.876. The van der Waals surface area contributed by atoms with Crippen molar-refractivity contribution in [2.45, 2.75) is 34.1 Å². The Morgan fingerprint density at radius 1 is 1.43 bits per heavy atom. The average molecular weight is 196 g/mol. The number of hydrogen-bond donors (Lipinski definition) is 0. The lowest BCUT2D eigenvalue weighted by molar-refractivity contribution is -0.138. The molecule has 0 aromatic carbocycles. The molecule has 0 amide bonds. The summed E-state index contributed by atoms with van der Waals surface area (Å²) in [5.41, 5.74) is 0.645. The minimum atomic E-state index is -0.235. The quantitative estimate of drug-likeness (QED) is 0.383. The van der Waals surface area contributed by atoms with Crippen LogP contribution in [-0.4, -0.2) is 12.6 Å². The molecule has 80 valence electrons. The maximum Gasteiger partial charge on any atom is 0.333 e. The molecule has 2 heteroatoms. The number of hydrogen-bond acceptors (Lipinski definition) is 2. The Balaban J connectivity index is 3.98. The van der Waals surface area contributed by atoms with Crippen LogP contribution in [-0.2, 0) is 9.53 Å². The van der Waals surface area contributed by atoms with Gasteiger partial charge in [0, 0.05) is 5.57 Å². The van der Waals surface area contributed by atoms with E-state index in [0.717, 1.165) is 6.42 Å². The first kappa shape index (κ1) is 12.9. The molecule has 0 aliphatic rings. The molecule has 0 radical (unpaired) electrons. The third-order valence-electron chi connectivity index (χ3n) is 1.69. The monoisotopic (exact) mass is 196 g/mol. The van der Waals surface area contributed by atoms with E-state index in [1.54, 1.807) is 19.9 Å². The minimum Gasteiger partial charge on any atom is -0.463 e. The second-order valence-corrected chi connectivity index (χ2v) is 3.63. The van der Waals surface area contributed by atoms with Gasteiger partial charge in [0.2, 0.25) is 0 Å². The summed E-state index contributed by atoms with van der Waals surface area (Å²) in [4.78, 5) is 11.1. The van der Waals surface area contributed by atoms with Crippen molar-refractivity contribution in [1.82, 2.24) is 0 Å². The van der Waals surface area contributed by atoms with E-state index in [9.17, 15) is 4.79 Å².